The second-order valence-corrected chi connectivity index (χ2v) is 6.21. The summed E-state index contributed by atoms with van der Waals surface area (Å²) in [6.45, 7) is 0.787. The molecule has 2 aliphatic rings. The largest absolute Gasteiger partial charge is 0.330 e. The maximum Gasteiger partial charge on any atom is -0.00717 e. The standard InChI is InChI=1S/C20H21N/c21-12-11-14-5-6-16-8-9-18-17-4-2-1-3-15(17)7-10-19(18)20(16)13-14/h1-2,4,7-10,13-14H,3,5-6,11-12,21H2. The molecular formula is C20H21N. The first-order valence-corrected chi connectivity index (χ1v) is 7.99. The summed E-state index contributed by atoms with van der Waals surface area (Å²) < 4.78 is 0. The lowest BCUT2D eigenvalue weighted by molar-refractivity contribution is 0.567. The Hall–Kier alpha value is -1.86. The second kappa shape index (κ2) is 5.16. The van der Waals surface area contributed by atoms with Crippen LogP contribution in [0.2, 0.25) is 0 Å². The van der Waals surface area contributed by atoms with Crippen molar-refractivity contribution < 1.29 is 0 Å². The maximum atomic E-state index is 5.75. The number of hydrogen-bond donors (Lipinski definition) is 1. The third kappa shape index (κ3) is 2.13. The van der Waals surface area contributed by atoms with Gasteiger partial charge >= 0.3 is 0 Å². The monoisotopic (exact) mass is 275 g/mol. The quantitative estimate of drug-likeness (QED) is 0.895. The molecule has 0 aromatic heterocycles. The van der Waals surface area contributed by atoms with Gasteiger partial charge < -0.3 is 5.73 Å². The van der Waals surface area contributed by atoms with Crippen LogP contribution in [0.25, 0.3) is 22.9 Å². The number of rotatable bonds is 2. The van der Waals surface area contributed by atoms with Crippen molar-refractivity contribution in [3.8, 4) is 0 Å². The van der Waals surface area contributed by atoms with Crippen molar-refractivity contribution in [3.63, 3.8) is 0 Å². The molecule has 0 fully saturated rings. The third-order valence-electron chi connectivity index (χ3n) is 4.93. The summed E-state index contributed by atoms with van der Waals surface area (Å²) in [5.41, 5.74) is 8.70. The van der Waals surface area contributed by atoms with E-state index in [2.05, 4.69) is 48.6 Å². The van der Waals surface area contributed by atoms with Gasteiger partial charge in [-0.05, 0) is 70.5 Å². The van der Waals surface area contributed by atoms with Gasteiger partial charge in [-0.25, -0.2) is 0 Å². The van der Waals surface area contributed by atoms with Crippen LogP contribution >= 0.6 is 0 Å². The summed E-state index contributed by atoms with van der Waals surface area (Å²) in [6, 6.07) is 9.28. The molecule has 1 heteroatoms. The molecule has 0 amide bonds. The van der Waals surface area contributed by atoms with Gasteiger partial charge in [0.25, 0.3) is 0 Å². The number of fused-ring (bicyclic) bond motifs is 5. The van der Waals surface area contributed by atoms with Gasteiger partial charge in [-0.1, -0.05) is 48.6 Å². The molecule has 0 saturated heterocycles. The van der Waals surface area contributed by atoms with Gasteiger partial charge in [-0.15, -0.1) is 0 Å². The molecule has 106 valence electrons. The number of nitrogens with two attached hydrogens (primary N) is 1. The molecule has 21 heavy (non-hydrogen) atoms. The minimum Gasteiger partial charge on any atom is -0.330 e. The molecule has 2 N–H and O–H groups in total. The molecule has 0 saturated carbocycles. The van der Waals surface area contributed by atoms with Crippen LogP contribution in [0.4, 0.5) is 0 Å². The zero-order valence-corrected chi connectivity index (χ0v) is 12.3. The van der Waals surface area contributed by atoms with Crippen molar-refractivity contribution in [1.29, 1.82) is 0 Å². The van der Waals surface area contributed by atoms with E-state index in [1.165, 1.54) is 45.2 Å². The van der Waals surface area contributed by atoms with E-state index in [4.69, 9.17) is 5.73 Å². The first-order chi connectivity index (χ1) is 10.4. The Bertz CT molecular complexity index is 842. The van der Waals surface area contributed by atoms with Crippen LogP contribution in [-0.4, -0.2) is 6.54 Å². The molecular weight excluding hydrogens is 254 g/mol. The summed E-state index contributed by atoms with van der Waals surface area (Å²) in [4.78, 5) is 0. The van der Waals surface area contributed by atoms with Crippen molar-refractivity contribution in [2.24, 2.45) is 11.7 Å². The number of hydrogen-bond acceptors (Lipinski definition) is 1. The fourth-order valence-electron chi connectivity index (χ4n) is 3.79. The van der Waals surface area contributed by atoms with Crippen LogP contribution in [0.15, 0.2) is 36.4 Å². The summed E-state index contributed by atoms with van der Waals surface area (Å²) in [5, 5.41) is 5.69. The van der Waals surface area contributed by atoms with Crippen LogP contribution in [0.3, 0.4) is 0 Å². The Morgan fingerprint density at radius 1 is 1.00 bits per heavy atom. The number of aryl methyl sites for hydroxylation is 1. The van der Waals surface area contributed by atoms with E-state index in [0.29, 0.717) is 5.92 Å². The summed E-state index contributed by atoms with van der Waals surface area (Å²) in [6.07, 6.45) is 13.7. The lowest BCUT2D eigenvalue weighted by Gasteiger charge is -2.19. The van der Waals surface area contributed by atoms with Crippen LogP contribution in [0.5, 0.6) is 0 Å². The summed E-state index contributed by atoms with van der Waals surface area (Å²) in [5.74, 6) is 0.646. The molecule has 0 bridgehead atoms. The van der Waals surface area contributed by atoms with E-state index >= 15 is 0 Å². The second-order valence-electron chi connectivity index (χ2n) is 6.21. The summed E-state index contributed by atoms with van der Waals surface area (Å²) >= 11 is 0. The normalized spacial score (nSPS) is 19.6. The fourth-order valence-corrected chi connectivity index (χ4v) is 3.79. The minimum absolute atomic E-state index is 0.646. The molecule has 0 heterocycles. The van der Waals surface area contributed by atoms with Crippen molar-refractivity contribution >= 4 is 22.9 Å². The predicted octanol–water partition coefficient (Wildman–Crippen LogP) is 2.42. The Balaban J connectivity index is 2.02. The molecule has 2 aliphatic carbocycles. The van der Waals surface area contributed by atoms with E-state index in [9.17, 15) is 0 Å². The van der Waals surface area contributed by atoms with Crippen molar-refractivity contribution in [2.75, 3.05) is 6.54 Å². The molecule has 2 aromatic rings. The topological polar surface area (TPSA) is 26.0 Å². The Morgan fingerprint density at radius 3 is 2.67 bits per heavy atom. The van der Waals surface area contributed by atoms with E-state index in [1.807, 2.05) is 0 Å². The van der Waals surface area contributed by atoms with Gasteiger partial charge in [0.05, 0.1) is 0 Å². The average Bonchev–Trinajstić information content (AvgIpc) is 2.54. The van der Waals surface area contributed by atoms with Crippen molar-refractivity contribution in [2.45, 2.75) is 25.7 Å². The van der Waals surface area contributed by atoms with E-state index in [-0.39, 0.29) is 0 Å². The van der Waals surface area contributed by atoms with E-state index in [0.717, 1.165) is 19.4 Å². The number of benzene rings is 2. The number of allylic oxidation sites excluding steroid dienone is 2. The van der Waals surface area contributed by atoms with Gasteiger partial charge in [-0.2, -0.15) is 0 Å². The van der Waals surface area contributed by atoms with Gasteiger partial charge in [0, 0.05) is 0 Å². The molecule has 0 radical (unpaired) electrons. The minimum atomic E-state index is 0.646. The van der Waals surface area contributed by atoms with Gasteiger partial charge in [0.15, 0.2) is 0 Å². The smallest absolute Gasteiger partial charge is 0.00717 e. The Labute approximate surface area is 125 Å². The van der Waals surface area contributed by atoms with Gasteiger partial charge in [0.2, 0.25) is 0 Å². The Kier molecular flexibility index (Phi) is 3.16. The lowest BCUT2D eigenvalue weighted by Crippen LogP contribution is -2.23. The highest BCUT2D eigenvalue weighted by Gasteiger charge is 2.14. The molecule has 0 spiro atoms. The summed E-state index contributed by atoms with van der Waals surface area (Å²) in [7, 11) is 0. The first kappa shape index (κ1) is 12.8. The molecule has 1 nitrogen and oxygen atoms in total. The Morgan fingerprint density at radius 2 is 1.81 bits per heavy atom. The fraction of sp³-hybridized carbons (Fsp3) is 0.300. The molecule has 1 unspecified atom stereocenters. The zero-order chi connectivity index (χ0) is 14.2. The predicted molar refractivity (Wildman–Crippen MR) is 90.5 cm³/mol. The molecule has 2 aromatic carbocycles. The average molecular weight is 275 g/mol. The van der Waals surface area contributed by atoms with Crippen molar-refractivity contribution in [3.05, 3.63) is 58.0 Å². The zero-order valence-electron chi connectivity index (χ0n) is 12.3. The molecule has 4 rings (SSSR count). The highest BCUT2D eigenvalue weighted by atomic mass is 14.5. The van der Waals surface area contributed by atoms with Crippen LogP contribution < -0.4 is 16.2 Å². The van der Waals surface area contributed by atoms with Gasteiger partial charge in [0.1, 0.15) is 0 Å². The van der Waals surface area contributed by atoms with Crippen LogP contribution in [0.1, 0.15) is 24.0 Å². The first-order valence-electron chi connectivity index (χ1n) is 7.99. The van der Waals surface area contributed by atoms with Crippen LogP contribution in [-0.2, 0) is 12.8 Å². The SMILES string of the molecule is NCCC1C=c2c(ccc3c4c(ccc23)CC=CC=4)CC1. The van der Waals surface area contributed by atoms with Crippen LogP contribution in [0, 0.1) is 5.92 Å². The highest BCUT2D eigenvalue weighted by molar-refractivity contribution is 5.87. The highest BCUT2D eigenvalue weighted by Crippen LogP contribution is 2.21. The van der Waals surface area contributed by atoms with Crippen molar-refractivity contribution in [1.82, 2.24) is 0 Å². The molecule has 1 atom stereocenters. The van der Waals surface area contributed by atoms with E-state index < -0.39 is 0 Å². The maximum absolute atomic E-state index is 5.75. The lowest BCUT2D eigenvalue weighted by atomic mass is 9.86. The van der Waals surface area contributed by atoms with Gasteiger partial charge in [-0.3, -0.25) is 0 Å². The molecule has 0 aliphatic heterocycles. The third-order valence-corrected chi connectivity index (χ3v) is 4.93. The van der Waals surface area contributed by atoms with E-state index in [1.54, 1.807) is 0 Å².